The maximum atomic E-state index is 12.5. The summed E-state index contributed by atoms with van der Waals surface area (Å²) < 4.78 is 5.96. The van der Waals surface area contributed by atoms with Gasteiger partial charge in [0, 0.05) is 32.7 Å². The zero-order valence-electron chi connectivity index (χ0n) is 19.0. The topological polar surface area (TPSA) is 53.6 Å². The first-order valence-electron chi connectivity index (χ1n) is 11.4. The van der Waals surface area contributed by atoms with Gasteiger partial charge in [-0.05, 0) is 41.8 Å². The SMILES string of the molecule is CNC(=O)[C@@H]1C[C@H](NCc2cccc(Oc3ccccc3)c2)CN1CC=Cc1ccccc1. The van der Waals surface area contributed by atoms with Crippen molar-refractivity contribution in [3.63, 3.8) is 0 Å². The lowest BCUT2D eigenvalue weighted by Gasteiger charge is -2.21. The predicted molar refractivity (Wildman–Crippen MR) is 133 cm³/mol. The molecule has 2 atom stereocenters. The summed E-state index contributed by atoms with van der Waals surface area (Å²) >= 11 is 0. The highest BCUT2D eigenvalue weighted by atomic mass is 16.5. The second kappa shape index (κ2) is 11.5. The van der Waals surface area contributed by atoms with Crippen LogP contribution in [-0.4, -0.2) is 43.0 Å². The zero-order chi connectivity index (χ0) is 22.9. The van der Waals surface area contributed by atoms with Crippen LogP contribution in [0.4, 0.5) is 0 Å². The van der Waals surface area contributed by atoms with Crippen molar-refractivity contribution in [1.29, 1.82) is 0 Å². The van der Waals surface area contributed by atoms with E-state index in [-0.39, 0.29) is 18.0 Å². The van der Waals surface area contributed by atoms with E-state index < -0.39 is 0 Å². The second-order valence-corrected chi connectivity index (χ2v) is 8.27. The van der Waals surface area contributed by atoms with Crippen molar-refractivity contribution in [1.82, 2.24) is 15.5 Å². The number of para-hydroxylation sites is 1. The number of benzene rings is 3. The number of amides is 1. The quantitative estimate of drug-likeness (QED) is 0.514. The van der Waals surface area contributed by atoms with Gasteiger partial charge in [0.25, 0.3) is 0 Å². The standard InChI is InChI=1S/C28H31N3O2/c1-29-28(32)27-19-24(21-31(27)17-9-13-22-10-4-2-5-11-22)30-20-23-12-8-16-26(18-23)33-25-14-6-3-7-15-25/h2-16,18,24,27,30H,17,19-21H2,1H3,(H,29,32)/t24-,27-/m0/s1. The lowest BCUT2D eigenvalue weighted by Crippen LogP contribution is -2.41. The summed E-state index contributed by atoms with van der Waals surface area (Å²) in [5.41, 5.74) is 2.32. The molecule has 1 saturated heterocycles. The average Bonchev–Trinajstić information content (AvgIpc) is 3.27. The van der Waals surface area contributed by atoms with Gasteiger partial charge in [0.2, 0.25) is 5.91 Å². The Morgan fingerprint density at radius 3 is 2.48 bits per heavy atom. The zero-order valence-corrected chi connectivity index (χ0v) is 19.0. The molecule has 2 N–H and O–H groups in total. The van der Waals surface area contributed by atoms with Gasteiger partial charge in [0.1, 0.15) is 11.5 Å². The van der Waals surface area contributed by atoms with Gasteiger partial charge < -0.3 is 15.4 Å². The monoisotopic (exact) mass is 441 g/mol. The number of carbonyl (C=O) groups excluding carboxylic acids is 1. The Kier molecular flexibility index (Phi) is 7.90. The van der Waals surface area contributed by atoms with Crippen LogP contribution in [0.1, 0.15) is 17.5 Å². The first kappa shape index (κ1) is 22.8. The minimum atomic E-state index is -0.124. The number of hydrogen-bond donors (Lipinski definition) is 2. The number of likely N-dealkylation sites (N-methyl/N-ethyl adjacent to an activating group) is 1. The molecule has 4 rings (SSSR count). The van der Waals surface area contributed by atoms with E-state index in [1.54, 1.807) is 7.05 Å². The largest absolute Gasteiger partial charge is 0.457 e. The molecule has 1 amide bonds. The molecular weight excluding hydrogens is 410 g/mol. The molecule has 170 valence electrons. The summed E-state index contributed by atoms with van der Waals surface area (Å²) in [5, 5.41) is 6.46. The van der Waals surface area contributed by atoms with Crippen LogP contribution in [-0.2, 0) is 11.3 Å². The molecule has 3 aromatic rings. The molecule has 0 radical (unpaired) electrons. The van der Waals surface area contributed by atoms with Crippen LogP contribution in [0.15, 0.2) is 91.0 Å². The fraction of sp³-hybridized carbons (Fsp3) is 0.250. The van der Waals surface area contributed by atoms with E-state index in [1.807, 2.05) is 60.7 Å². The van der Waals surface area contributed by atoms with Crippen LogP contribution < -0.4 is 15.4 Å². The molecule has 33 heavy (non-hydrogen) atoms. The molecule has 3 aromatic carbocycles. The van der Waals surface area contributed by atoms with Crippen LogP contribution in [0, 0.1) is 0 Å². The van der Waals surface area contributed by atoms with Gasteiger partial charge in [-0.1, -0.05) is 72.8 Å². The van der Waals surface area contributed by atoms with Crippen molar-refractivity contribution < 1.29 is 9.53 Å². The molecule has 0 aliphatic carbocycles. The molecule has 1 fully saturated rings. The molecule has 0 saturated carbocycles. The third-order valence-electron chi connectivity index (χ3n) is 5.87. The Morgan fingerprint density at radius 2 is 1.73 bits per heavy atom. The lowest BCUT2D eigenvalue weighted by molar-refractivity contribution is -0.124. The molecule has 1 aliphatic rings. The fourth-order valence-electron chi connectivity index (χ4n) is 4.19. The number of hydrogen-bond acceptors (Lipinski definition) is 4. The van der Waals surface area contributed by atoms with Gasteiger partial charge in [-0.2, -0.15) is 0 Å². The van der Waals surface area contributed by atoms with Gasteiger partial charge in [-0.15, -0.1) is 0 Å². The number of nitrogens with zero attached hydrogens (tertiary/aromatic N) is 1. The Balaban J connectivity index is 1.34. The average molecular weight is 442 g/mol. The maximum absolute atomic E-state index is 12.5. The summed E-state index contributed by atoms with van der Waals surface area (Å²) in [7, 11) is 1.71. The van der Waals surface area contributed by atoms with Gasteiger partial charge in [0.05, 0.1) is 6.04 Å². The third kappa shape index (κ3) is 6.54. The van der Waals surface area contributed by atoms with Gasteiger partial charge in [-0.3, -0.25) is 9.69 Å². The highest BCUT2D eigenvalue weighted by molar-refractivity contribution is 5.82. The van der Waals surface area contributed by atoms with E-state index in [2.05, 4.69) is 52.0 Å². The van der Waals surface area contributed by atoms with Crippen molar-refractivity contribution in [3.05, 3.63) is 102 Å². The minimum Gasteiger partial charge on any atom is -0.457 e. The summed E-state index contributed by atoms with van der Waals surface area (Å²) in [6.45, 7) is 2.30. The van der Waals surface area contributed by atoms with Crippen LogP contribution >= 0.6 is 0 Å². The number of nitrogens with one attached hydrogen (secondary N) is 2. The Labute approximate surface area is 196 Å². The van der Waals surface area contributed by atoms with Gasteiger partial charge in [-0.25, -0.2) is 0 Å². The summed E-state index contributed by atoms with van der Waals surface area (Å²) in [5.74, 6) is 1.72. The van der Waals surface area contributed by atoms with Gasteiger partial charge in [0.15, 0.2) is 0 Å². The van der Waals surface area contributed by atoms with Crippen LogP contribution in [0.3, 0.4) is 0 Å². The predicted octanol–water partition coefficient (Wildman–Crippen LogP) is 4.47. The van der Waals surface area contributed by atoms with E-state index in [9.17, 15) is 4.79 Å². The van der Waals surface area contributed by atoms with E-state index in [1.165, 1.54) is 5.56 Å². The van der Waals surface area contributed by atoms with Crippen LogP contribution in [0.5, 0.6) is 11.5 Å². The first-order valence-corrected chi connectivity index (χ1v) is 11.4. The molecule has 0 aromatic heterocycles. The summed E-state index contributed by atoms with van der Waals surface area (Å²) in [6.07, 6.45) is 5.04. The van der Waals surface area contributed by atoms with E-state index >= 15 is 0 Å². The Bertz CT molecular complexity index is 1050. The van der Waals surface area contributed by atoms with E-state index in [0.717, 1.165) is 43.1 Å². The van der Waals surface area contributed by atoms with Crippen molar-refractivity contribution in [3.8, 4) is 11.5 Å². The lowest BCUT2D eigenvalue weighted by atomic mass is 10.1. The minimum absolute atomic E-state index is 0.0747. The first-order chi connectivity index (χ1) is 16.2. The number of rotatable bonds is 9. The Hall–Kier alpha value is -3.41. The van der Waals surface area contributed by atoms with E-state index in [0.29, 0.717) is 0 Å². The normalized spacial score (nSPS) is 18.5. The molecule has 5 heteroatoms. The van der Waals surface area contributed by atoms with Crippen molar-refractivity contribution in [2.24, 2.45) is 0 Å². The molecule has 0 spiro atoms. The van der Waals surface area contributed by atoms with Gasteiger partial charge >= 0.3 is 0 Å². The summed E-state index contributed by atoms with van der Waals surface area (Å²) in [6, 6.07) is 28.3. The highest BCUT2D eigenvalue weighted by Gasteiger charge is 2.35. The smallest absolute Gasteiger partial charge is 0.237 e. The second-order valence-electron chi connectivity index (χ2n) is 8.27. The molecule has 5 nitrogen and oxygen atoms in total. The molecule has 1 aliphatic heterocycles. The molecule has 0 unspecified atom stereocenters. The number of carbonyl (C=O) groups is 1. The number of ether oxygens (including phenoxy) is 1. The van der Waals surface area contributed by atoms with Crippen molar-refractivity contribution in [2.45, 2.75) is 25.0 Å². The van der Waals surface area contributed by atoms with Crippen LogP contribution in [0.2, 0.25) is 0 Å². The number of likely N-dealkylation sites (tertiary alicyclic amines) is 1. The van der Waals surface area contributed by atoms with Crippen molar-refractivity contribution in [2.75, 3.05) is 20.1 Å². The third-order valence-corrected chi connectivity index (χ3v) is 5.87. The molecular formula is C28H31N3O2. The summed E-state index contributed by atoms with van der Waals surface area (Å²) in [4.78, 5) is 14.7. The fourth-order valence-corrected chi connectivity index (χ4v) is 4.19. The van der Waals surface area contributed by atoms with Crippen LogP contribution in [0.25, 0.3) is 6.08 Å². The highest BCUT2D eigenvalue weighted by Crippen LogP contribution is 2.23. The maximum Gasteiger partial charge on any atom is 0.237 e. The molecule has 1 heterocycles. The van der Waals surface area contributed by atoms with Crippen molar-refractivity contribution >= 4 is 12.0 Å². The molecule has 0 bridgehead atoms. The Morgan fingerprint density at radius 1 is 1.00 bits per heavy atom. The van der Waals surface area contributed by atoms with E-state index in [4.69, 9.17) is 4.74 Å².